The zero-order valence-electron chi connectivity index (χ0n) is 12.9. The van der Waals surface area contributed by atoms with Gasteiger partial charge < -0.3 is 20.6 Å². The number of nitrogens with one attached hydrogen (secondary N) is 1. The van der Waals surface area contributed by atoms with Crippen LogP contribution in [0, 0.1) is 5.92 Å². The highest BCUT2D eigenvalue weighted by molar-refractivity contribution is 6.31. The standard InChI is InChI=1S/C19H17NO4/c21-11-4-5-16-13(9-11)15(19(24)20-16)7-10-6-14-12(18(23)8-10)2-1-3-17(14)22/h1-5,7,9-10,18,21-23H,6,8H2,(H,20,24). The molecule has 2 unspecified atom stereocenters. The van der Waals surface area contributed by atoms with Gasteiger partial charge in [-0.1, -0.05) is 18.2 Å². The first-order chi connectivity index (χ1) is 11.5. The van der Waals surface area contributed by atoms with Gasteiger partial charge in [0.05, 0.1) is 6.10 Å². The molecule has 5 nitrogen and oxygen atoms in total. The van der Waals surface area contributed by atoms with Gasteiger partial charge in [-0.2, -0.15) is 0 Å². The molecule has 0 saturated carbocycles. The van der Waals surface area contributed by atoms with Crippen LogP contribution < -0.4 is 5.32 Å². The van der Waals surface area contributed by atoms with E-state index in [1.165, 1.54) is 6.07 Å². The van der Waals surface area contributed by atoms with Crippen LogP contribution in [0.25, 0.3) is 5.57 Å². The molecule has 0 aromatic heterocycles. The summed E-state index contributed by atoms with van der Waals surface area (Å²) < 4.78 is 0. The number of benzene rings is 2. The van der Waals surface area contributed by atoms with Crippen molar-refractivity contribution < 1.29 is 20.1 Å². The molecular weight excluding hydrogens is 306 g/mol. The molecule has 0 fully saturated rings. The monoisotopic (exact) mass is 323 g/mol. The summed E-state index contributed by atoms with van der Waals surface area (Å²) >= 11 is 0. The molecule has 0 radical (unpaired) electrons. The highest BCUT2D eigenvalue weighted by atomic mass is 16.3. The van der Waals surface area contributed by atoms with Crippen molar-refractivity contribution in [2.45, 2.75) is 18.9 Å². The molecule has 2 aromatic carbocycles. The van der Waals surface area contributed by atoms with Gasteiger partial charge in [0.1, 0.15) is 11.5 Å². The van der Waals surface area contributed by atoms with Gasteiger partial charge in [0.25, 0.3) is 5.91 Å². The maximum atomic E-state index is 12.2. The number of anilines is 1. The molecule has 5 heteroatoms. The Morgan fingerprint density at radius 1 is 1.17 bits per heavy atom. The number of phenolic OH excluding ortho intramolecular Hbond substituents is 2. The molecule has 4 rings (SSSR count). The highest BCUT2D eigenvalue weighted by Gasteiger charge is 2.30. The second-order valence-corrected chi connectivity index (χ2v) is 6.32. The topological polar surface area (TPSA) is 89.8 Å². The normalized spacial score (nSPS) is 23.7. The molecule has 4 N–H and O–H groups in total. The maximum Gasteiger partial charge on any atom is 0.256 e. The number of rotatable bonds is 1. The molecule has 1 heterocycles. The number of allylic oxidation sites excluding steroid dienone is 1. The van der Waals surface area contributed by atoms with E-state index in [2.05, 4.69) is 5.32 Å². The molecule has 24 heavy (non-hydrogen) atoms. The van der Waals surface area contributed by atoms with E-state index in [0.717, 1.165) is 11.1 Å². The summed E-state index contributed by atoms with van der Waals surface area (Å²) in [6.45, 7) is 0. The summed E-state index contributed by atoms with van der Waals surface area (Å²) in [6.07, 6.45) is 2.21. The lowest BCUT2D eigenvalue weighted by Crippen LogP contribution is -2.18. The van der Waals surface area contributed by atoms with Crippen LogP contribution in [0.1, 0.15) is 29.2 Å². The number of hydrogen-bond acceptors (Lipinski definition) is 4. The lowest BCUT2D eigenvalue weighted by atomic mass is 9.80. The van der Waals surface area contributed by atoms with Crippen LogP contribution in [0.2, 0.25) is 0 Å². The first kappa shape index (κ1) is 14.8. The SMILES string of the molecule is O=C1Nc2ccc(O)cc2C1=CC1Cc2c(O)cccc2C(O)C1. The van der Waals surface area contributed by atoms with Crippen molar-refractivity contribution >= 4 is 17.2 Å². The Labute approximate surface area is 138 Å². The largest absolute Gasteiger partial charge is 0.508 e. The number of carbonyl (C=O) groups is 1. The summed E-state index contributed by atoms with van der Waals surface area (Å²) in [4.78, 5) is 12.2. The minimum absolute atomic E-state index is 0.0742. The minimum Gasteiger partial charge on any atom is -0.508 e. The van der Waals surface area contributed by atoms with E-state index in [1.807, 2.05) is 12.1 Å². The number of hydrogen-bond donors (Lipinski definition) is 4. The van der Waals surface area contributed by atoms with E-state index in [9.17, 15) is 20.1 Å². The maximum absolute atomic E-state index is 12.2. The molecule has 2 aliphatic rings. The average molecular weight is 323 g/mol. The predicted molar refractivity (Wildman–Crippen MR) is 89.6 cm³/mol. The van der Waals surface area contributed by atoms with Crippen LogP contribution in [0.4, 0.5) is 5.69 Å². The third-order valence-electron chi connectivity index (χ3n) is 4.73. The Balaban J connectivity index is 1.72. The molecule has 2 atom stereocenters. The molecule has 2 aromatic rings. The third kappa shape index (κ3) is 2.34. The molecule has 0 saturated heterocycles. The van der Waals surface area contributed by atoms with Crippen LogP contribution in [0.15, 0.2) is 42.5 Å². The lowest BCUT2D eigenvalue weighted by Gasteiger charge is -2.27. The number of aliphatic hydroxyl groups excluding tert-OH is 1. The van der Waals surface area contributed by atoms with E-state index < -0.39 is 6.10 Å². The first-order valence-electron chi connectivity index (χ1n) is 7.88. The minimum atomic E-state index is -0.671. The first-order valence-corrected chi connectivity index (χ1v) is 7.88. The van der Waals surface area contributed by atoms with Gasteiger partial charge in [0.2, 0.25) is 0 Å². The Morgan fingerprint density at radius 2 is 2.00 bits per heavy atom. The van der Waals surface area contributed by atoms with Crippen molar-refractivity contribution in [2.24, 2.45) is 5.92 Å². The van der Waals surface area contributed by atoms with E-state index in [0.29, 0.717) is 29.7 Å². The second kappa shape index (κ2) is 5.39. The van der Waals surface area contributed by atoms with Gasteiger partial charge in [0, 0.05) is 22.4 Å². The number of carbonyl (C=O) groups excluding carboxylic acids is 1. The van der Waals surface area contributed by atoms with E-state index >= 15 is 0 Å². The van der Waals surface area contributed by atoms with Gasteiger partial charge >= 0.3 is 0 Å². The number of phenols is 2. The van der Waals surface area contributed by atoms with E-state index in [-0.39, 0.29) is 23.3 Å². The zero-order valence-corrected chi connectivity index (χ0v) is 12.9. The van der Waals surface area contributed by atoms with Gasteiger partial charge in [-0.15, -0.1) is 0 Å². The summed E-state index contributed by atoms with van der Waals surface area (Å²) in [5.41, 5.74) is 3.31. The van der Waals surface area contributed by atoms with Crippen molar-refractivity contribution in [3.8, 4) is 11.5 Å². The number of aromatic hydroxyl groups is 2. The Morgan fingerprint density at radius 3 is 2.83 bits per heavy atom. The van der Waals surface area contributed by atoms with Gasteiger partial charge in [0.15, 0.2) is 0 Å². The molecular formula is C19H17NO4. The van der Waals surface area contributed by atoms with E-state index in [4.69, 9.17) is 0 Å². The molecule has 1 amide bonds. The third-order valence-corrected chi connectivity index (χ3v) is 4.73. The Hall–Kier alpha value is -2.79. The summed E-state index contributed by atoms with van der Waals surface area (Å²) in [7, 11) is 0. The Bertz CT molecular complexity index is 872. The van der Waals surface area contributed by atoms with Gasteiger partial charge in [-0.25, -0.2) is 0 Å². The molecule has 122 valence electrons. The second-order valence-electron chi connectivity index (χ2n) is 6.32. The number of aliphatic hydroxyl groups is 1. The number of fused-ring (bicyclic) bond motifs is 2. The van der Waals surface area contributed by atoms with Crippen LogP contribution >= 0.6 is 0 Å². The molecule has 0 bridgehead atoms. The lowest BCUT2D eigenvalue weighted by molar-refractivity contribution is -0.110. The van der Waals surface area contributed by atoms with Gasteiger partial charge in [-0.3, -0.25) is 4.79 Å². The fourth-order valence-electron chi connectivity index (χ4n) is 3.59. The van der Waals surface area contributed by atoms with Crippen molar-refractivity contribution in [3.63, 3.8) is 0 Å². The predicted octanol–water partition coefficient (Wildman–Crippen LogP) is 2.73. The summed E-state index contributed by atoms with van der Waals surface area (Å²) in [6, 6.07) is 9.90. The van der Waals surface area contributed by atoms with Gasteiger partial charge in [-0.05, 0) is 48.6 Å². The quantitative estimate of drug-likeness (QED) is 0.480. The van der Waals surface area contributed by atoms with Crippen LogP contribution in [0.3, 0.4) is 0 Å². The summed E-state index contributed by atoms with van der Waals surface area (Å²) in [5, 5.41) is 32.9. The zero-order chi connectivity index (χ0) is 16.8. The van der Waals surface area contributed by atoms with E-state index in [1.54, 1.807) is 24.3 Å². The van der Waals surface area contributed by atoms with Crippen molar-refractivity contribution in [3.05, 3.63) is 59.2 Å². The van der Waals surface area contributed by atoms with Crippen molar-refractivity contribution in [2.75, 3.05) is 5.32 Å². The van der Waals surface area contributed by atoms with Crippen LogP contribution in [0.5, 0.6) is 11.5 Å². The Kier molecular flexibility index (Phi) is 3.32. The smallest absolute Gasteiger partial charge is 0.256 e. The highest BCUT2D eigenvalue weighted by Crippen LogP contribution is 2.41. The molecule has 1 aliphatic heterocycles. The van der Waals surface area contributed by atoms with Crippen molar-refractivity contribution in [1.82, 2.24) is 0 Å². The molecule has 0 spiro atoms. The van der Waals surface area contributed by atoms with Crippen molar-refractivity contribution in [1.29, 1.82) is 0 Å². The fourth-order valence-corrected chi connectivity index (χ4v) is 3.59. The number of amides is 1. The summed E-state index contributed by atoms with van der Waals surface area (Å²) in [5.74, 6) is -0.0191. The fraction of sp³-hybridized carbons (Fsp3) is 0.211. The molecule has 1 aliphatic carbocycles. The average Bonchev–Trinajstić information content (AvgIpc) is 2.84. The van der Waals surface area contributed by atoms with Crippen LogP contribution in [-0.2, 0) is 11.2 Å². The van der Waals surface area contributed by atoms with Crippen LogP contribution in [-0.4, -0.2) is 21.2 Å².